The number of amides is 1. The SMILES string of the molecule is COC(=O)CS[C@@H]1CCN(C(=O)c2cccc3ccc(C)nc23)C1. The summed E-state index contributed by atoms with van der Waals surface area (Å²) in [5, 5.41) is 1.25. The van der Waals surface area contributed by atoms with Crippen molar-refractivity contribution >= 4 is 34.5 Å². The van der Waals surface area contributed by atoms with Crippen LogP contribution in [0.3, 0.4) is 0 Å². The highest BCUT2D eigenvalue weighted by atomic mass is 32.2. The summed E-state index contributed by atoms with van der Waals surface area (Å²) in [6, 6.07) is 9.65. The Morgan fingerprint density at radius 1 is 1.33 bits per heavy atom. The largest absolute Gasteiger partial charge is 0.468 e. The van der Waals surface area contributed by atoms with Crippen molar-refractivity contribution in [2.75, 3.05) is 26.0 Å². The van der Waals surface area contributed by atoms with E-state index in [0.29, 0.717) is 24.4 Å². The summed E-state index contributed by atoms with van der Waals surface area (Å²) in [7, 11) is 1.39. The average molecular weight is 344 g/mol. The molecule has 6 heteroatoms. The Labute approximate surface area is 145 Å². The van der Waals surface area contributed by atoms with Crippen LogP contribution in [0.5, 0.6) is 0 Å². The van der Waals surface area contributed by atoms with Crippen molar-refractivity contribution in [3.05, 3.63) is 41.6 Å². The molecule has 1 atom stereocenters. The monoisotopic (exact) mass is 344 g/mol. The van der Waals surface area contributed by atoms with Gasteiger partial charge in [-0.3, -0.25) is 14.6 Å². The smallest absolute Gasteiger partial charge is 0.315 e. The van der Waals surface area contributed by atoms with Crippen molar-refractivity contribution in [1.29, 1.82) is 0 Å². The number of methoxy groups -OCH3 is 1. The van der Waals surface area contributed by atoms with E-state index in [1.165, 1.54) is 7.11 Å². The molecule has 1 aliphatic heterocycles. The van der Waals surface area contributed by atoms with E-state index in [4.69, 9.17) is 0 Å². The number of hydrogen-bond acceptors (Lipinski definition) is 5. The lowest BCUT2D eigenvalue weighted by atomic mass is 10.1. The molecule has 0 unspecified atom stereocenters. The predicted molar refractivity (Wildman–Crippen MR) is 95.3 cm³/mol. The van der Waals surface area contributed by atoms with Gasteiger partial charge in [-0.1, -0.05) is 18.2 Å². The minimum absolute atomic E-state index is 0.0138. The molecular weight excluding hydrogens is 324 g/mol. The number of benzene rings is 1. The van der Waals surface area contributed by atoms with Gasteiger partial charge in [-0.25, -0.2) is 0 Å². The quantitative estimate of drug-likeness (QED) is 0.798. The van der Waals surface area contributed by atoms with Gasteiger partial charge in [0.2, 0.25) is 0 Å². The van der Waals surface area contributed by atoms with Crippen molar-refractivity contribution in [2.45, 2.75) is 18.6 Å². The zero-order valence-corrected chi connectivity index (χ0v) is 14.6. The fourth-order valence-corrected chi connectivity index (χ4v) is 3.93. The standard InChI is InChI=1S/C18H20N2O3S/c1-12-6-7-13-4-3-5-15(17(13)19-12)18(22)20-9-8-14(10-20)24-11-16(21)23-2/h3-7,14H,8-11H2,1-2H3/t14-/m1/s1. The Kier molecular flexibility index (Phi) is 5.04. The minimum atomic E-state index is -0.224. The number of nitrogens with zero attached hydrogens (tertiary/aromatic N) is 2. The van der Waals surface area contributed by atoms with Crippen LogP contribution in [0.1, 0.15) is 22.5 Å². The van der Waals surface area contributed by atoms with Crippen LogP contribution < -0.4 is 0 Å². The fraction of sp³-hybridized carbons (Fsp3) is 0.389. The van der Waals surface area contributed by atoms with Crippen LogP contribution in [0.25, 0.3) is 10.9 Å². The summed E-state index contributed by atoms with van der Waals surface area (Å²) >= 11 is 1.56. The fourth-order valence-electron chi connectivity index (χ4n) is 2.88. The number of likely N-dealkylation sites (tertiary alicyclic amines) is 1. The maximum Gasteiger partial charge on any atom is 0.315 e. The summed E-state index contributed by atoms with van der Waals surface area (Å²) < 4.78 is 4.66. The molecule has 24 heavy (non-hydrogen) atoms. The first kappa shape index (κ1) is 16.8. The topological polar surface area (TPSA) is 59.5 Å². The first-order valence-electron chi connectivity index (χ1n) is 7.92. The first-order chi connectivity index (χ1) is 11.6. The average Bonchev–Trinajstić information content (AvgIpc) is 3.07. The van der Waals surface area contributed by atoms with Crippen LogP contribution in [0.4, 0.5) is 0 Å². The highest BCUT2D eigenvalue weighted by molar-refractivity contribution is 8.00. The van der Waals surface area contributed by atoms with Gasteiger partial charge in [0.05, 0.1) is 23.9 Å². The maximum atomic E-state index is 12.9. The number of hydrogen-bond donors (Lipinski definition) is 0. The van der Waals surface area contributed by atoms with Crippen molar-refractivity contribution < 1.29 is 14.3 Å². The van der Waals surface area contributed by atoms with E-state index in [1.807, 2.05) is 42.2 Å². The molecule has 1 aliphatic rings. The van der Waals surface area contributed by atoms with Crippen LogP contribution >= 0.6 is 11.8 Å². The van der Waals surface area contributed by atoms with Crippen molar-refractivity contribution in [1.82, 2.24) is 9.88 Å². The number of rotatable bonds is 4. The molecule has 1 aromatic heterocycles. The Bertz CT molecular complexity index is 778. The number of pyridine rings is 1. The number of aromatic nitrogens is 1. The minimum Gasteiger partial charge on any atom is -0.468 e. The third-order valence-electron chi connectivity index (χ3n) is 4.19. The lowest BCUT2D eigenvalue weighted by Gasteiger charge is -2.17. The van der Waals surface area contributed by atoms with Gasteiger partial charge >= 0.3 is 5.97 Å². The van der Waals surface area contributed by atoms with E-state index in [0.717, 1.165) is 23.0 Å². The third-order valence-corrected chi connectivity index (χ3v) is 5.45. The molecule has 3 rings (SSSR count). The van der Waals surface area contributed by atoms with E-state index in [-0.39, 0.29) is 17.1 Å². The molecule has 0 aliphatic carbocycles. The molecule has 2 heterocycles. The molecule has 126 valence electrons. The lowest BCUT2D eigenvalue weighted by Crippen LogP contribution is -2.29. The van der Waals surface area contributed by atoms with Crippen LogP contribution in [0, 0.1) is 6.92 Å². The normalized spacial score (nSPS) is 17.2. The summed E-state index contributed by atoms with van der Waals surface area (Å²) in [6.45, 7) is 3.29. The Balaban J connectivity index is 1.74. The van der Waals surface area contributed by atoms with E-state index >= 15 is 0 Å². The van der Waals surface area contributed by atoms with Gasteiger partial charge in [-0.05, 0) is 25.5 Å². The zero-order valence-electron chi connectivity index (χ0n) is 13.8. The van der Waals surface area contributed by atoms with Crippen molar-refractivity contribution in [3.8, 4) is 0 Å². The summed E-state index contributed by atoms with van der Waals surface area (Å²) in [6.07, 6.45) is 0.893. The molecule has 2 aromatic rings. The Hall–Kier alpha value is -2.08. The van der Waals surface area contributed by atoms with E-state index < -0.39 is 0 Å². The summed E-state index contributed by atoms with van der Waals surface area (Å²) in [4.78, 5) is 30.5. The molecule has 0 radical (unpaired) electrons. The van der Waals surface area contributed by atoms with Gasteiger partial charge in [-0.15, -0.1) is 11.8 Å². The molecule has 1 fully saturated rings. The second-order valence-corrected chi connectivity index (χ2v) is 7.17. The van der Waals surface area contributed by atoms with Crippen LogP contribution in [-0.4, -0.2) is 53.0 Å². The summed E-state index contributed by atoms with van der Waals surface area (Å²) in [5.41, 5.74) is 2.30. The highest BCUT2D eigenvalue weighted by Crippen LogP contribution is 2.26. The van der Waals surface area contributed by atoms with Crippen molar-refractivity contribution in [3.63, 3.8) is 0 Å². The molecular formula is C18H20N2O3S. The Morgan fingerprint density at radius 2 is 2.17 bits per heavy atom. The lowest BCUT2D eigenvalue weighted by molar-refractivity contribution is -0.137. The van der Waals surface area contributed by atoms with Gasteiger partial charge in [-0.2, -0.15) is 0 Å². The molecule has 0 N–H and O–H groups in total. The van der Waals surface area contributed by atoms with Gasteiger partial charge in [0.15, 0.2) is 0 Å². The van der Waals surface area contributed by atoms with Crippen LogP contribution in [0.15, 0.2) is 30.3 Å². The number of fused-ring (bicyclic) bond motifs is 1. The number of ether oxygens (including phenoxy) is 1. The van der Waals surface area contributed by atoms with E-state index in [2.05, 4.69) is 9.72 Å². The molecule has 0 spiro atoms. The molecule has 1 amide bonds. The summed E-state index contributed by atoms with van der Waals surface area (Å²) in [5.74, 6) is 0.122. The molecule has 0 bridgehead atoms. The second kappa shape index (κ2) is 7.21. The highest BCUT2D eigenvalue weighted by Gasteiger charge is 2.28. The number of carbonyl (C=O) groups is 2. The second-order valence-electron chi connectivity index (χ2n) is 5.88. The van der Waals surface area contributed by atoms with Gasteiger partial charge < -0.3 is 9.64 Å². The predicted octanol–water partition coefficient (Wildman–Crippen LogP) is 2.66. The first-order valence-corrected chi connectivity index (χ1v) is 8.97. The molecule has 5 nitrogen and oxygen atoms in total. The van der Waals surface area contributed by atoms with E-state index in [1.54, 1.807) is 11.8 Å². The zero-order chi connectivity index (χ0) is 17.1. The van der Waals surface area contributed by atoms with Gasteiger partial charge in [0.25, 0.3) is 5.91 Å². The van der Waals surface area contributed by atoms with Crippen molar-refractivity contribution in [2.24, 2.45) is 0 Å². The molecule has 0 saturated carbocycles. The molecule has 1 saturated heterocycles. The molecule has 1 aromatic carbocycles. The Morgan fingerprint density at radius 3 is 2.96 bits per heavy atom. The third kappa shape index (κ3) is 3.53. The van der Waals surface area contributed by atoms with Gasteiger partial charge in [0.1, 0.15) is 0 Å². The number of esters is 1. The van der Waals surface area contributed by atoms with Crippen LogP contribution in [0.2, 0.25) is 0 Å². The number of para-hydroxylation sites is 1. The van der Waals surface area contributed by atoms with Crippen LogP contribution in [-0.2, 0) is 9.53 Å². The number of aryl methyl sites for hydroxylation is 1. The number of thioether (sulfide) groups is 1. The number of carbonyl (C=O) groups excluding carboxylic acids is 2. The van der Waals surface area contributed by atoms with E-state index in [9.17, 15) is 9.59 Å². The van der Waals surface area contributed by atoms with Gasteiger partial charge in [0, 0.05) is 29.4 Å². The maximum absolute atomic E-state index is 12.9.